The van der Waals surface area contributed by atoms with Gasteiger partial charge < -0.3 is 5.32 Å². The Balaban J connectivity index is 2.38. The molecular weight excluding hydrogens is 290 g/mol. The molecule has 0 atom stereocenters. The van der Waals surface area contributed by atoms with Gasteiger partial charge in [-0.15, -0.1) is 0 Å². The van der Waals surface area contributed by atoms with Crippen molar-refractivity contribution in [2.24, 2.45) is 0 Å². The number of nitrogens with one attached hydrogen (secondary N) is 1. The molecule has 1 aromatic carbocycles. The molecule has 96 valence electrons. The number of aryl methyl sites for hydroxylation is 1. The molecule has 0 radical (unpaired) electrons. The van der Waals surface area contributed by atoms with E-state index in [1.165, 1.54) is 5.56 Å². The van der Waals surface area contributed by atoms with Crippen molar-refractivity contribution in [3.05, 3.63) is 58.2 Å². The smallest absolute Gasteiger partial charge is 0.224 e. The monoisotopic (exact) mass is 307 g/mol. The highest BCUT2D eigenvalue weighted by atomic mass is 79.9. The molecule has 0 saturated carbocycles. The fraction of sp³-hybridized carbons (Fsp3) is 0.267. The van der Waals surface area contributed by atoms with Gasteiger partial charge >= 0.3 is 0 Å². The minimum Gasteiger partial charge on any atom is -0.330 e. The van der Waals surface area contributed by atoms with Crippen molar-refractivity contribution in [2.45, 2.75) is 26.7 Å². The molecule has 0 saturated heterocycles. The second-order valence-corrected chi connectivity index (χ2v) is 5.39. The van der Waals surface area contributed by atoms with Crippen LogP contribution in [0.2, 0.25) is 0 Å². The van der Waals surface area contributed by atoms with Crippen LogP contribution in [0.5, 0.6) is 0 Å². The first kappa shape index (κ1) is 14.7. The van der Waals surface area contributed by atoms with Gasteiger partial charge in [0.2, 0.25) is 5.91 Å². The van der Waals surface area contributed by atoms with Crippen molar-refractivity contribution in [1.82, 2.24) is 5.32 Å². The van der Waals surface area contributed by atoms with E-state index in [4.69, 9.17) is 0 Å². The first-order valence-electron chi connectivity index (χ1n) is 5.92. The number of carbonyl (C=O) groups is 1. The lowest BCUT2D eigenvalue weighted by Gasteiger charge is -2.04. The minimum atomic E-state index is 0.0493. The molecule has 1 amide bonds. The van der Waals surface area contributed by atoms with Crippen molar-refractivity contribution < 1.29 is 4.79 Å². The molecule has 0 aromatic heterocycles. The Bertz CT molecular complexity index is 445. The van der Waals surface area contributed by atoms with E-state index in [1.54, 1.807) is 0 Å². The van der Waals surface area contributed by atoms with Gasteiger partial charge in [0.25, 0.3) is 0 Å². The van der Waals surface area contributed by atoms with Crippen molar-refractivity contribution in [2.75, 3.05) is 0 Å². The fourth-order valence-electron chi connectivity index (χ4n) is 1.47. The van der Waals surface area contributed by atoms with Crippen LogP contribution in [-0.4, -0.2) is 5.91 Å². The summed E-state index contributed by atoms with van der Waals surface area (Å²) in [6.07, 6.45) is 5.07. The van der Waals surface area contributed by atoms with Crippen LogP contribution in [-0.2, 0) is 11.2 Å². The number of allylic oxidation sites excluding steroid dienone is 4. The van der Waals surface area contributed by atoms with Crippen LogP contribution in [0.25, 0.3) is 0 Å². The van der Waals surface area contributed by atoms with E-state index in [-0.39, 0.29) is 5.91 Å². The molecule has 0 fully saturated rings. The summed E-state index contributed by atoms with van der Waals surface area (Å²) in [4.78, 5) is 11.7. The molecule has 1 rings (SSSR count). The molecule has 0 aliphatic heterocycles. The van der Waals surface area contributed by atoms with Crippen LogP contribution in [0.3, 0.4) is 0 Å². The van der Waals surface area contributed by atoms with E-state index < -0.39 is 0 Å². The first-order valence-corrected chi connectivity index (χ1v) is 6.71. The summed E-state index contributed by atoms with van der Waals surface area (Å²) in [5.41, 5.74) is 2.04. The highest BCUT2D eigenvalue weighted by Gasteiger charge is 2.01. The average molecular weight is 308 g/mol. The van der Waals surface area contributed by atoms with Gasteiger partial charge in [0, 0.05) is 12.1 Å². The largest absolute Gasteiger partial charge is 0.330 e. The van der Waals surface area contributed by atoms with E-state index in [9.17, 15) is 4.79 Å². The molecule has 0 aliphatic carbocycles. The van der Waals surface area contributed by atoms with Crippen LogP contribution >= 0.6 is 15.9 Å². The van der Waals surface area contributed by atoms with Crippen LogP contribution in [0, 0.1) is 0 Å². The predicted octanol–water partition coefficient (Wildman–Crippen LogP) is 3.94. The summed E-state index contributed by atoms with van der Waals surface area (Å²) in [6.45, 7) is 3.83. The molecule has 0 aliphatic rings. The highest BCUT2D eigenvalue weighted by molar-refractivity contribution is 9.11. The molecule has 3 heteroatoms. The number of benzene rings is 1. The van der Waals surface area contributed by atoms with Crippen molar-refractivity contribution in [1.29, 1.82) is 0 Å². The fourth-order valence-corrected chi connectivity index (χ4v) is 1.60. The zero-order valence-corrected chi connectivity index (χ0v) is 12.3. The van der Waals surface area contributed by atoms with Crippen LogP contribution in [0.4, 0.5) is 0 Å². The predicted molar refractivity (Wildman–Crippen MR) is 79.3 cm³/mol. The summed E-state index contributed by atoms with van der Waals surface area (Å²) < 4.78 is 1.03. The molecule has 0 unspecified atom stereocenters. The SMILES string of the molecule is C/C(Br)=C\C=C(/C)NC(=O)CCc1ccccc1. The maximum atomic E-state index is 11.7. The van der Waals surface area contributed by atoms with Gasteiger partial charge in [0.15, 0.2) is 0 Å². The molecule has 2 nitrogen and oxygen atoms in total. The van der Waals surface area contributed by atoms with Gasteiger partial charge in [-0.05, 0) is 36.4 Å². The van der Waals surface area contributed by atoms with E-state index >= 15 is 0 Å². The Morgan fingerprint density at radius 2 is 1.89 bits per heavy atom. The van der Waals surface area contributed by atoms with Gasteiger partial charge in [-0.3, -0.25) is 4.79 Å². The normalized spacial score (nSPS) is 12.4. The third-order valence-corrected chi connectivity index (χ3v) is 2.65. The average Bonchev–Trinajstić information content (AvgIpc) is 2.35. The quantitative estimate of drug-likeness (QED) is 0.820. The van der Waals surface area contributed by atoms with Crippen molar-refractivity contribution in [3.8, 4) is 0 Å². The number of carbonyl (C=O) groups excluding carboxylic acids is 1. The van der Waals surface area contributed by atoms with Gasteiger partial charge in [-0.2, -0.15) is 0 Å². The van der Waals surface area contributed by atoms with Gasteiger partial charge in [0.05, 0.1) is 0 Å². The van der Waals surface area contributed by atoms with Crippen LogP contribution in [0.15, 0.2) is 52.7 Å². The topological polar surface area (TPSA) is 29.1 Å². The third kappa shape index (κ3) is 6.40. The van der Waals surface area contributed by atoms with Crippen LogP contribution < -0.4 is 5.32 Å². The van der Waals surface area contributed by atoms with Gasteiger partial charge in [-0.25, -0.2) is 0 Å². The molecule has 0 spiro atoms. The van der Waals surface area contributed by atoms with Crippen molar-refractivity contribution in [3.63, 3.8) is 0 Å². The number of hydrogen-bond donors (Lipinski definition) is 1. The molecule has 1 N–H and O–H groups in total. The van der Waals surface area contributed by atoms with Crippen LogP contribution in [0.1, 0.15) is 25.8 Å². The summed E-state index contributed by atoms with van der Waals surface area (Å²) >= 11 is 3.33. The first-order chi connectivity index (χ1) is 8.58. The number of rotatable bonds is 5. The Morgan fingerprint density at radius 3 is 2.50 bits per heavy atom. The number of hydrogen-bond acceptors (Lipinski definition) is 1. The summed E-state index contributed by atoms with van der Waals surface area (Å²) in [5, 5.41) is 2.86. The Morgan fingerprint density at radius 1 is 1.22 bits per heavy atom. The van der Waals surface area contributed by atoms with E-state index in [1.807, 2.05) is 56.3 Å². The second kappa shape index (κ2) is 7.88. The molecule has 0 bridgehead atoms. The Labute approximate surface area is 117 Å². The molecule has 18 heavy (non-hydrogen) atoms. The summed E-state index contributed by atoms with van der Waals surface area (Å²) in [7, 11) is 0. The lowest BCUT2D eigenvalue weighted by Crippen LogP contribution is -2.21. The molecular formula is C15H18BrNO. The second-order valence-electron chi connectivity index (χ2n) is 4.14. The lowest BCUT2D eigenvalue weighted by molar-refractivity contribution is -0.120. The zero-order valence-electron chi connectivity index (χ0n) is 10.7. The standard InChI is InChI=1S/C15H18BrNO/c1-12(16)8-9-13(2)17-15(18)11-10-14-6-4-3-5-7-14/h3-9H,10-11H2,1-2H3,(H,17,18)/b12-8+,13-9+. The summed E-state index contributed by atoms with van der Waals surface area (Å²) in [6, 6.07) is 10.0. The maximum Gasteiger partial charge on any atom is 0.224 e. The minimum absolute atomic E-state index is 0.0493. The molecule has 0 heterocycles. The Hall–Kier alpha value is -1.35. The van der Waals surface area contributed by atoms with E-state index in [2.05, 4.69) is 21.2 Å². The molecule has 1 aromatic rings. The number of amides is 1. The van der Waals surface area contributed by atoms with E-state index in [0.29, 0.717) is 6.42 Å². The van der Waals surface area contributed by atoms with E-state index in [0.717, 1.165) is 16.6 Å². The maximum absolute atomic E-state index is 11.7. The van der Waals surface area contributed by atoms with Crippen molar-refractivity contribution >= 4 is 21.8 Å². The third-order valence-electron chi connectivity index (χ3n) is 2.38. The highest BCUT2D eigenvalue weighted by Crippen LogP contribution is 2.04. The zero-order chi connectivity index (χ0) is 13.4. The van der Waals surface area contributed by atoms with Gasteiger partial charge in [-0.1, -0.05) is 52.3 Å². The number of halogens is 1. The summed E-state index contributed by atoms with van der Waals surface area (Å²) in [5.74, 6) is 0.0493. The van der Waals surface area contributed by atoms with Gasteiger partial charge in [0.1, 0.15) is 0 Å². The Kier molecular flexibility index (Phi) is 6.44. The lowest BCUT2D eigenvalue weighted by atomic mass is 10.1.